The molecule has 2 aromatic heterocycles. The molecule has 12 rings (SSSR count). The summed E-state index contributed by atoms with van der Waals surface area (Å²) in [4.78, 5) is 0. The minimum absolute atomic E-state index is 0.0877. The molecule has 62 heavy (non-hydrogen) atoms. The summed E-state index contributed by atoms with van der Waals surface area (Å²) in [6.45, 7) is 0. The van der Waals surface area contributed by atoms with Gasteiger partial charge in [0, 0.05) is 32.9 Å². The Morgan fingerprint density at radius 2 is 0.823 bits per heavy atom. The third kappa shape index (κ3) is 6.04. The normalized spacial score (nSPS) is 13.1. The summed E-state index contributed by atoms with van der Waals surface area (Å²) >= 11 is 0. The van der Waals surface area contributed by atoms with E-state index in [1.807, 2.05) is 109 Å². The quantitative estimate of drug-likeness (QED) is 0.152. The lowest BCUT2D eigenvalue weighted by molar-refractivity contribution is 1.18. The van der Waals surface area contributed by atoms with Crippen LogP contribution in [0.25, 0.3) is 111 Å². The summed E-state index contributed by atoms with van der Waals surface area (Å²) in [5.41, 5.74) is 12.8. The molecular formula is C60H40N2. The van der Waals surface area contributed by atoms with E-state index >= 15 is 0 Å². The van der Waals surface area contributed by atoms with E-state index in [2.05, 4.69) is 95.6 Å². The summed E-state index contributed by atoms with van der Waals surface area (Å²) in [6.07, 6.45) is 0. The van der Waals surface area contributed by atoms with Crippen LogP contribution in [0, 0.1) is 0 Å². The lowest BCUT2D eigenvalue weighted by atomic mass is 9.95. The molecule has 0 bridgehead atoms. The van der Waals surface area contributed by atoms with Crippen LogP contribution in [0.5, 0.6) is 0 Å². The fraction of sp³-hybridized carbons (Fsp3) is 0. The SMILES string of the molecule is [2H]c1c([2H])c([2H])c2c(c1[2H])c1c([2H])c(-c3ccc4c(c3)c3c(-c5ccc(-c6ccccc6)cc5)cccc3n4-c3ccc(-c4ccccc4)cc3)c([2H])c([2H])c1n2-c1cccc(-c2ccccc2)c1. The Morgan fingerprint density at radius 1 is 0.290 bits per heavy atom. The van der Waals surface area contributed by atoms with Crippen LogP contribution in [0.15, 0.2) is 242 Å². The maximum absolute atomic E-state index is 10.0. The van der Waals surface area contributed by atoms with E-state index in [0.29, 0.717) is 11.3 Å². The first-order valence-electron chi connectivity index (χ1n) is 24.3. The highest BCUT2D eigenvalue weighted by atomic mass is 15.0. The minimum Gasteiger partial charge on any atom is -0.309 e. The van der Waals surface area contributed by atoms with Crippen LogP contribution < -0.4 is 0 Å². The molecule has 0 aliphatic carbocycles. The second-order valence-electron chi connectivity index (χ2n) is 15.6. The first kappa shape index (κ1) is 29.1. The molecule has 0 saturated heterocycles. The third-order valence-corrected chi connectivity index (χ3v) is 12.0. The molecule has 0 atom stereocenters. The number of benzene rings is 10. The van der Waals surface area contributed by atoms with Crippen molar-refractivity contribution in [2.45, 2.75) is 0 Å². The van der Waals surface area contributed by atoms with Gasteiger partial charge < -0.3 is 9.13 Å². The highest BCUT2D eigenvalue weighted by molar-refractivity contribution is 6.17. The van der Waals surface area contributed by atoms with Crippen molar-refractivity contribution in [3.63, 3.8) is 0 Å². The van der Waals surface area contributed by atoms with E-state index < -0.39 is 12.1 Å². The van der Waals surface area contributed by atoms with Gasteiger partial charge in [-0.05, 0) is 116 Å². The summed E-state index contributed by atoms with van der Waals surface area (Å²) in [5, 5.41) is 2.21. The molecule has 0 aliphatic rings. The molecule has 0 spiro atoms. The Kier molecular flexibility index (Phi) is 6.95. The largest absolute Gasteiger partial charge is 0.309 e. The third-order valence-electron chi connectivity index (χ3n) is 12.0. The lowest BCUT2D eigenvalue weighted by Crippen LogP contribution is -1.94. The van der Waals surface area contributed by atoms with Gasteiger partial charge in [-0.2, -0.15) is 0 Å². The lowest BCUT2D eigenvalue weighted by Gasteiger charge is -2.11. The first-order valence-corrected chi connectivity index (χ1v) is 20.8. The number of rotatable bonds is 7. The number of para-hydroxylation sites is 1. The molecule has 10 aromatic carbocycles. The van der Waals surface area contributed by atoms with Gasteiger partial charge in [-0.3, -0.25) is 0 Å². The fourth-order valence-corrected chi connectivity index (χ4v) is 9.02. The molecule has 0 unspecified atom stereocenters. The minimum atomic E-state index is -0.428. The van der Waals surface area contributed by atoms with Crippen molar-refractivity contribution in [2.24, 2.45) is 0 Å². The van der Waals surface area contributed by atoms with Gasteiger partial charge in [0.1, 0.15) is 0 Å². The van der Waals surface area contributed by atoms with Crippen LogP contribution in [-0.4, -0.2) is 9.13 Å². The summed E-state index contributed by atoms with van der Waals surface area (Å²) in [7, 11) is 0. The van der Waals surface area contributed by atoms with E-state index in [4.69, 9.17) is 2.74 Å². The Labute approximate surface area is 370 Å². The second-order valence-corrected chi connectivity index (χ2v) is 15.6. The highest BCUT2D eigenvalue weighted by Crippen LogP contribution is 2.42. The summed E-state index contributed by atoms with van der Waals surface area (Å²) in [6, 6.07) is 65.5. The van der Waals surface area contributed by atoms with Gasteiger partial charge in [-0.25, -0.2) is 0 Å². The van der Waals surface area contributed by atoms with E-state index in [0.717, 1.165) is 72.0 Å². The predicted octanol–water partition coefficient (Wildman–Crippen LogP) is 16.2. The van der Waals surface area contributed by atoms with E-state index in [1.165, 1.54) is 0 Å². The van der Waals surface area contributed by atoms with Gasteiger partial charge in [0.25, 0.3) is 0 Å². The summed E-state index contributed by atoms with van der Waals surface area (Å²) < 4.78 is 69.5. The Hall–Kier alpha value is -8.20. The molecule has 0 radical (unpaired) electrons. The Morgan fingerprint density at radius 3 is 1.53 bits per heavy atom. The monoisotopic (exact) mass is 795 g/mol. The topological polar surface area (TPSA) is 9.86 Å². The van der Waals surface area contributed by atoms with Crippen molar-refractivity contribution >= 4 is 43.6 Å². The van der Waals surface area contributed by atoms with E-state index in [1.54, 1.807) is 4.57 Å². The molecule has 2 heteroatoms. The molecule has 2 nitrogen and oxygen atoms in total. The zero-order valence-corrected chi connectivity index (χ0v) is 33.4. The number of fused-ring (bicyclic) bond motifs is 6. The van der Waals surface area contributed by atoms with Crippen LogP contribution in [0.3, 0.4) is 0 Å². The fourth-order valence-electron chi connectivity index (χ4n) is 9.02. The second kappa shape index (κ2) is 14.8. The van der Waals surface area contributed by atoms with Crippen molar-refractivity contribution in [2.75, 3.05) is 0 Å². The van der Waals surface area contributed by atoms with Gasteiger partial charge in [0.05, 0.1) is 31.7 Å². The summed E-state index contributed by atoms with van der Waals surface area (Å²) in [5.74, 6) is 0. The van der Waals surface area contributed by atoms with Gasteiger partial charge >= 0.3 is 0 Å². The molecular weight excluding hydrogens is 749 g/mol. The molecule has 290 valence electrons. The van der Waals surface area contributed by atoms with Crippen LogP contribution in [-0.2, 0) is 0 Å². The average Bonchev–Trinajstić information content (AvgIpc) is 3.94. The number of hydrogen-bond acceptors (Lipinski definition) is 0. The van der Waals surface area contributed by atoms with Crippen LogP contribution in [0.2, 0.25) is 0 Å². The number of hydrogen-bond donors (Lipinski definition) is 0. The molecule has 0 fully saturated rings. The van der Waals surface area contributed by atoms with Gasteiger partial charge in [-0.15, -0.1) is 0 Å². The number of aromatic nitrogens is 2. The van der Waals surface area contributed by atoms with Crippen molar-refractivity contribution in [3.8, 4) is 67.0 Å². The van der Waals surface area contributed by atoms with Crippen molar-refractivity contribution < 1.29 is 9.60 Å². The molecule has 12 aromatic rings. The zero-order valence-electron chi connectivity index (χ0n) is 40.4. The van der Waals surface area contributed by atoms with Crippen molar-refractivity contribution in [1.82, 2.24) is 9.13 Å². The van der Waals surface area contributed by atoms with Crippen LogP contribution in [0.4, 0.5) is 0 Å². The maximum Gasteiger partial charge on any atom is 0.0645 e. The highest BCUT2D eigenvalue weighted by Gasteiger charge is 2.19. The zero-order chi connectivity index (χ0) is 47.1. The first-order chi connectivity index (χ1) is 33.7. The van der Waals surface area contributed by atoms with E-state index in [9.17, 15) is 6.85 Å². The Balaban J connectivity index is 1.11. The van der Waals surface area contributed by atoms with E-state index in [-0.39, 0.29) is 57.6 Å². The standard InChI is InChI=1S/C60H40N2/c1-4-14-41(15-5-1)44-26-28-46(29-27-44)52-23-13-25-59-60(52)55-40-49(33-37-58(55)61(59)50-34-30-45(31-35-50)42-16-6-2-7-17-42)48-32-36-57-54(39-48)53-22-10-11-24-56(53)62(57)51-21-12-20-47(38-51)43-18-8-3-9-19-43/h1-40H/i10D,11D,22D,24D,32D,36D,39D. The molecule has 0 amide bonds. The number of nitrogens with zero attached hydrogens (tertiary/aromatic N) is 2. The van der Waals surface area contributed by atoms with Gasteiger partial charge in [0.15, 0.2) is 0 Å². The van der Waals surface area contributed by atoms with Crippen LogP contribution in [0.1, 0.15) is 9.60 Å². The molecule has 2 heterocycles. The maximum atomic E-state index is 10.0. The predicted molar refractivity (Wildman–Crippen MR) is 262 cm³/mol. The average molecular weight is 796 g/mol. The van der Waals surface area contributed by atoms with Gasteiger partial charge in [-0.1, -0.05) is 182 Å². The molecule has 0 saturated carbocycles. The van der Waals surface area contributed by atoms with Gasteiger partial charge in [0.2, 0.25) is 0 Å². The van der Waals surface area contributed by atoms with Crippen LogP contribution >= 0.6 is 0 Å². The van der Waals surface area contributed by atoms with Crippen molar-refractivity contribution in [1.29, 1.82) is 0 Å². The Bertz CT molecular complexity index is 3990. The molecule has 0 N–H and O–H groups in total. The van der Waals surface area contributed by atoms with Crippen molar-refractivity contribution in [3.05, 3.63) is 242 Å². The molecule has 0 aliphatic heterocycles. The smallest absolute Gasteiger partial charge is 0.0645 e.